The second-order valence-corrected chi connectivity index (χ2v) is 4.51. The van der Waals surface area contributed by atoms with Crippen molar-refractivity contribution in [2.24, 2.45) is 0 Å². The number of rotatable bonds is 3. The quantitative estimate of drug-likeness (QED) is 0.903. The van der Waals surface area contributed by atoms with Crippen molar-refractivity contribution in [3.63, 3.8) is 0 Å². The summed E-state index contributed by atoms with van der Waals surface area (Å²) >= 11 is 5.83. The maximum Gasteiger partial charge on any atom is 0.162 e. The molecule has 0 aliphatic carbocycles. The van der Waals surface area contributed by atoms with Crippen LogP contribution in [0, 0.1) is 17.5 Å². The van der Waals surface area contributed by atoms with Crippen LogP contribution in [0.15, 0.2) is 36.4 Å². The minimum absolute atomic E-state index is 0.00725. The van der Waals surface area contributed by atoms with Crippen LogP contribution in [0.25, 0.3) is 0 Å². The molecule has 0 aromatic heterocycles. The van der Waals surface area contributed by atoms with Crippen molar-refractivity contribution in [2.45, 2.75) is 12.5 Å². The maximum absolute atomic E-state index is 13.5. The van der Waals surface area contributed by atoms with Crippen molar-refractivity contribution >= 4 is 11.6 Å². The molecule has 1 atom stereocenters. The van der Waals surface area contributed by atoms with E-state index in [1.807, 2.05) is 0 Å². The molecule has 0 bridgehead atoms. The van der Waals surface area contributed by atoms with E-state index in [0.717, 1.165) is 18.2 Å². The third-order valence-corrected chi connectivity index (χ3v) is 3.11. The van der Waals surface area contributed by atoms with Crippen molar-refractivity contribution in [1.29, 1.82) is 0 Å². The van der Waals surface area contributed by atoms with Gasteiger partial charge in [-0.3, -0.25) is 0 Å². The highest BCUT2D eigenvalue weighted by Crippen LogP contribution is 2.27. The van der Waals surface area contributed by atoms with E-state index < -0.39 is 23.6 Å². The van der Waals surface area contributed by atoms with Crippen LogP contribution in [-0.2, 0) is 6.42 Å². The van der Waals surface area contributed by atoms with Crippen LogP contribution < -0.4 is 0 Å². The van der Waals surface area contributed by atoms with Gasteiger partial charge in [-0.25, -0.2) is 13.2 Å². The Morgan fingerprint density at radius 3 is 2.58 bits per heavy atom. The van der Waals surface area contributed by atoms with Gasteiger partial charge in [-0.1, -0.05) is 23.7 Å². The van der Waals surface area contributed by atoms with Gasteiger partial charge in [0.25, 0.3) is 0 Å². The summed E-state index contributed by atoms with van der Waals surface area (Å²) in [5.74, 6) is -2.57. The number of aliphatic hydroxyl groups excluding tert-OH is 1. The van der Waals surface area contributed by atoms with Crippen LogP contribution >= 0.6 is 11.6 Å². The molecule has 2 aromatic carbocycles. The molecule has 100 valence electrons. The molecule has 2 rings (SSSR count). The lowest BCUT2D eigenvalue weighted by Gasteiger charge is -2.13. The number of halogens is 4. The van der Waals surface area contributed by atoms with Crippen LogP contribution in [0.3, 0.4) is 0 Å². The van der Waals surface area contributed by atoms with Gasteiger partial charge in [0.1, 0.15) is 5.82 Å². The second kappa shape index (κ2) is 5.63. The predicted molar refractivity (Wildman–Crippen MR) is 66.4 cm³/mol. The third kappa shape index (κ3) is 3.08. The Kier molecular flexibility index (Phi) is 4.12. The number of benzene rings is 2. The molecule has 2 aromatic rings. The Morgan fingerprint density at radius 1 is 1.11 bits per heavy atom. The van der Waals surface area contributed by atoms with Gasteiger partial charge in [0.05, 0.1) is 6.10 Å². The van der Waals surface area contributed by atoms with Gasteiger partial charge >= 0.3 is 0 Å². The first-order valence-electron chi connectivity index (χ1n) is 5.55. The highest BCUT2D eigenvalue weighted by atomic mass is 35.5. The summed E-state index contributed by atoms with van der Waals surface area (Å²) in [5, 5.41) is 10.1. The molecular weight excluding hydrogens is 277 g/mol. The minimum atomic E-state index is -1.21. The van der Waals surface area contributed by atoms with E-state index in [2.05, 4.69) is 0 Å². The highest BCUT2D eigenvalue weighted by molar-refractivity contribution is 6.31. The average Bonchev–Trinajstić information content (AvgIpc) is 2.38. The number of hydrogen-bond acceptors (Lipinski definition) is 1. The molecule has 1 N–H and O–H groups in total. The molecule has 0 radical (unpaired) electrons. The Hall–Kier alpha value is -1.52. The second-order valence-electron chi connectivity index (χ2n) is 4.10. The van der Waals surface area contributed by atoms with Gasteiger partial charge in [0, 0.05) is 17.0 Å². The van der Waals surface area contributed by atoms with Crippen molar-refractivity contribution in [3.8, 4) is 0 Å². The third-order valence-electron chi connectivity index (χ3n) is 2.76. The highest BCUT2D eigenvalue weighted by Gasteiger charge is 2.16. The van der Waals surface area contributed by atoms with E-state index in [4.69, 9.17) is 11.6 Å². The molecule has 0 aliphatic rings. The van der Waals surface area contributed by atoms with Crippen molar-refractivity contribution in [3.05, 3.63) is 70.0 Å². The van der Waals surface area contributed by atoms with Gasteiger partial charge in [-0.15, -0.1) is 0 Å². The normalized spacial score (nSPS) is 12.5. The first-order chi connectivity index (χ1) is 8.99. The topological polar surface area (TPSA) is 20.2 Å². The molecule has 0 amide bonds. The first-order valence-corrected chi connectivity index (χ1v) is 5.92. The molecule has 5 heteroatoms. The molecule has 1 unspecified atom stereocenters. The van der Waals surface area contributed by atoms with E-state index in [-0.39, 0.29) is 22.6 Å². The molecule has 1 nitrogen and oxygen atoms in total. The summed E-state index contributed by atoms with van der Waals surface area (Å²) in [6.07, 6.45) is -1.40. The average molecular weight is 287 g/mol. The molecule has 0 fully saturated rings. The number of hydrogen-bond donors (Lipinski definition) is 1. The molecule has 0 spiro atoms. The lowest BCUT2D eigenvalue weighted by atomic mass is 10.0. The van der Waals surface area contributed by atoms with Gasteiger partial charge in [-0.05, 0) is 29.8 Å². The Bertz CT molecular complexity index is 601. The fourth-order valence-corrected chi connectivity index (χ4v) is 2.04. The maximum atomic E-state index is 13.5. The van der Waals surface area contributed by atoms with Crippen molar-refractivity contribution < 1.29 is 18.3 Å². The fraction of sp³-hybridized carbons (Fsp3) is 0.143. The van der Waals surface area contributed by atoms with E-state index in [1.54, 1.807) is 0 Å². The van der Waals surface area contributed by atoms with Gasteiger partial charge in [-0.2, -0.15) is 0 Å². The first kappa shape index (κ1) is 13.9. The molecule has 0 heterocycles. The van der Waals surface area contributed by atoms with E-state index in [9.17, 15) is 18.3 Å². The molecule has 0 saturated carbocycles. The zero-order valence-electron chi connectivity index (χ0n) is 9.71. The standard InChI is InChI=1S/C14H10ClF3O/c15-11-5-4-9(16)7-10(11)13(19)6-8-2-1-3-12(17)14(8)18/h1-5,7,13,19H,6H2. The molecular formula is C14H10ClF3O. The zero-order valence-corrected chi connectivity index (χ0v) is 10.5. The van der Waals surface area contributed by atoms with Gasteiger partial charge in [0.15, 0.2) is 11.6 Å². The summed E-state index contributed by atoms with van der Waals surface area (Å²) in [6, 6.07) is 7.21. The Morgan fingerprint density at radius 2 is 1.84 bits per heavy atom. The Balaban J connectivity index is 2.28. The summed E-state index contributed by atoms with van der Waals surface area (Å²) in [5.41, 5.74) is 0.151. The summed E-state index contributed by atoms with van der Waals surface area (Å²) in [4.78, 5) is 0. The summed E-state index contributed by atoms with van der Waals surface area (Å²) in [7, 11) is 0. The van der Waals surface area contributed by atoms with Gasteiger partial charge in [0.2, 0.25) is 0 Å². The van der Waals surface area contributed by atoms with E-state index in [0.29, 0.717) is 0 Å². The number of aliphatic hydroxyl groups is 1. The van der Waals surface area contributed by atoms with Crippen molar-refractivity contribution in [1.82, 2.24) is 0 Å². The SMILES string of the molecule is OC(Cc1cccc(F)c1F)c1cc(F)ccc1Cl. The molecule has 0 saturated heterocycles. The van der Waals surface area contributed by atoms with E-state index >= 15 is 0 Å². The van der Waals surface area contributed by atoms with Crippen molar-refractivity contribution in [2.75, 3.05) is 0 Å². The monoisotopic (exact) mass is 286 g/mol. The largest absolute Gasteiger partial charge is 0.388 e. The van der Waals surface area contributed by atoms with Gasteiger partial charge < -0.3 is 5.11 Å². The lowest BCUT2D eigenvalue weighted by molar-refractivity contribution is 0.176. The van der Waals surface area contributed by atoms with Crippen LogP contribution in [0.2, 0.25) is 5.02 Å². The molecule has 0 aliphatic heterocycles. The molecule has 19 heavy (non-hydrogen) atoms. The summed E-state index contributed by atoms with van der Waals surface area (Å²) in [6.45, 7) is 0. The Labute approximate surface area is 113 Å². The smallest absolute Gasteiger partial charge is 0.162 e. The summed E-state index contributed by atoms with van der Waals surface area (Å²) < 4.78 is 39.6. The van der Waals surface area contributed by atoms with Crippen LogP contribution in [0.1, 0.15) is 17.2 Å². The van der Waals surface area contributed by atoms with Crippen LogP contribution in [0.4, 0.5) is 13.2 Å². The predicted octanol–water partition coefficient (Wildman–Crippen LogP) is 4.03. The fourth-order valence-electron chi connectivity index (χ4n) is 1.79. The van der Waals surface area contributed by atoms with Crippen LogP contribution in [-0.4, -0.2) is 5.11 Å². The zero-order chi connectivity index (χ0) is 14.0. The van der Waals surface area contributed by atoms with E-state index in [1.165, 1.54) is 18.2 Å². The van der Waals surface area contributed by atoms with Crippen LogP contribution in [0.5, 0.6) is 0 Å². The minimum Gasteiger partial charge on any atom is -0.388 e. The lowest BCUT2D eigenvalue weighted by Crippen LogP contribution is -2.05.